The van der Waals surface area contributed by atoms with Gasteiger partial charge in [0.25, 0.3) is 0 Å². The molecule has 0 amide bonds. The lowest BCUT2D eigenvalue weighted by Gasteiger charge is -1.96. The molecule has 3 heteroatoms. The zero-order valence-corrected chi connectivity index (χ0v) is 8.04. The number of halogens is 1. The van der Waals surface area contributed by atoms with Gasteiger partial charge >= 0.3 is 0 Å². The predicted octanol–water partition coefficient (Wildman–Crippen LogP) is 2.93. The van der Waals surface area contributed by atoms with Crippen LogP contribution in [0.25, 0.3) is 11.0 Å². The van der Waals surface area contributed by atoms with Crippen LogP contribution in [0.15, 0.2) is 22.6 Å². The quantitative estimate of drug-likeness (QED) is 0.757. The van der Waals surface area contributed by atoms with Crippen LogP contribution in [-0.4, -0.2) is 5.11 Å². The van der Waals surface area contributed by atoms with Crippen molar-refractivity contribution in [1.82, 2.24) is 0 Å². The SMILES string of the molecule is Cc1ccc(F)c2cc(C(C)O)oc12. The number of furan rings is 1. The molecule has 1 aromatic heterocycles. The Morgan fingerprint density at radius 1 is 1.43 bits per heavy atom. The molecule has 1 atom stereocenters. The maximum absolute atomic E-state index is 13.3. The van der Waals surface area contributed by atoms with E-state index >= 15 is 0 Å². The van der Waals surface area contributed by atoms with E-state index in [2.05, 4.69) is 0 Å². The molecule has 0 saturated carbocycles. The highest BCUT2D eigenvalue weighted by atomic mass is 19.1. The fourth-order valence-corrected chi connectivity index (χ4v) is 1.45. The minimum Gasteiger partial charge on any atom is -0.458 e. The summed E-state index contributed by atoms with van der Waals surface area (Å²) in [6.45, 7) is 3.43. The third-order valence-corrected chi connectivity index (χ3v) is 2.26. The fraction of sp³-hybridized carbons (Fsp3) is 0.273. The van der Waals surface area contributed by atoms with Crippen LogP contribution in [0.3, 0.4) is 0 Å². The van der Waals surface area contributed by atoms with E-state index in [-0.39, 0.29) is 5.82 Å². The van der Waals surface area contributed by atoms with Gasteiger partial charge in [0.2, 0.25) is 0 Å². The van der Waals surface area contributed by atoms with E-state index in [4.69, 9.17) is 4.42 Å². The summed E-state index contributed by atoms with van der Waals surface area (Å²) in [5.41, 5.74) is 1.38. The number of aliphatic hydroxyl groups excluding tert-OH is 1. The topological polar surface area (TPSA) is 33.4 Å². The molecule has 1 unspecified atom stereocenters. The number of hydrogen-bond donors (Lipinski definition) is 1. The monoisotopic (exact) mass is 194 g/mol. The molecule has 0 spiro atoms. The van der Waals surface area contributed by atoms with E-state index < -0.39 is 6.10 Å². The first-order valence-electron chi connectivity index (χ1n) is 4.46. The molecule has 2 rings (SSSR count). The van der Waals surface area contributed by atoms with Crippen LogP contribution in [0.5, 0.6) is 0 Å². The second-order valence-electron chi connectivity index (χ2n) is 3.43. The Kier molecular flexibility index (Phi) is 2.04. The number of rotatable bonds is 1. The first-order chi connectivity index (χ1) is 6.59. The zero-order chi connectivity index (χ0) is 10.3. The van der Waals surface area contributed by atoms with Crippen molar-refractivity contribution in [2.75, 3.05) is 0 Å². The van der Waals surface area contributed by atoms with Crippen LogP contribution in [0.2, 0.25) is 0 Å². The summed E-state index contributed by atoms with van der Waals surface area (Å²) in [5, 5.41) is 9.72. The molecule has 0 aliphatic rings. The van der Waals surface area contributed by atoms with Crippen molar-refractivity contribution in [3.05, 3.63) is 35.3 Å². The Morgan fingerprint density at radius 3 is 2.71 bits per heavy atom. The summed E-state index contributed by atoms with van der Waals surface area (Å²) in [4.78, 5) is 0. The highest BCUT2D eigenvalue weighted by Gasteiger charge is 2.12. The number of benzene rings is 1. The second-order valence-corrected chi connectivity index (χ2v) is 3.43. The first kappa shape index (κ1) is 9.21. The lowest BCUT2D eigenvalue weighted by molar-refractivity contribution is 0.172. The van der Waals surface area contributed by atoms with E-state index in [1.165, 1.54) is 6.07 Å². The van der Waals surface area contributed by atoms with E-state index in [0.29, 0.717) is 16.7 Å². The Hall–Kier alpha value is -1.35. The number of hydrogen-bond acceptors (Lipinski definition) is 2. The third kappa shape index (κ3) is 1.30. The van der Waals surface area contributed by atoms with Crippen LogP contribution in [0.4, 0.5) is 4.39 Å². The number of aryl methyl sites for hydroxylation is 1. The molecule has 2 aromatic rings. The van der Waals surface area contributed by atoms with E-state index in [1.54, 1.807) is 19.1 Å². The highest BCUT2D eigenvalue weighted by molar-refractivity contribution is 5.81. The first-order valence-corrected chi connectivity index (χ1v) is 4.46. The summed E-state index contributed by atoms with van der Waals surface area (Å²) in [7, 11) is 0. The Labute approximate surface area is 81.0 Å². The van der Waals surface area contributed by atoms with Crippen molar-refractivity contribution in [2.45, 2.75) is 20.0 Å². The molecule has 1 N–H and O–H groups in total. The van der Waals surface area contributed by atoms with Gasteiger partial charge in [-0.05, 0) is 31.5 Å². The summed E-state index contributed by atoms with van der Waals surface area (Å²) in [6.07, 6.45) is -0.707. The van der Waals surface area contributed by atoms with Crippen LogP contribution in [0, 0.1) is 12.7 Å². The fourth-order valence-electron chi connectivity index (χ4n) is 1.45. The standard InChI is InChI=1S/C11H11FO2/c1-6-3-4-9(12)8-5-10(7(2)13)14-11(6)8/h3-5,7,13H,1-2H3. The lowest BCUT2D eigenvalue weighted by atomic mass is 10.1. The van der Waals surface area contributed by atoms with Crippen LogP contribution in [0.1, 0.15) is 24.4 Å². The maximum atomic E-state index is 13.3. The minimum absolute atomic E-state index is 0.318. The molecule has 1 heterocycles. The second kappa shape index (κ2) is 3.10. The Morgan fingerprint density at radius 2 is 2.14 bits per heavy atom. The largest absolute Gasteiger partial charge is 0.458 e. The van der Waals surface area contributed by atoms with Crippen molar-refractivity contribution in [3.63, 3.8) is 0 Å². The van der Waals surface area contributed by atoms with Gasteiger partial charge in [-0.2, -0.15) is 0 Å². The van der Waals surface area contributed by atoms with Crippen molar-refractivity contribution in [1.29, 1.82) is 0 Å². The van der Waals surface area contributed by atoms with Crippen molar-refractivity contribution in [3.8, 4) is 0 Å². The molecule has 0 radical (unpaired) electrons. The molecule has 2 nitrogen and oxygen atoms in total. The summed E-state index contributed by atoms with van der Waals surface area (Å²) < 4.78 is 18.7. The third-order valence-electron chi connectivity index (χ3n) is 2.26. The molecule has 0 bridgehead atoms. The molecular formula is C11H11FO2. The smallest absolute Gasteiger partial charge is 0.140 e. The average Bonchev–Trinajstić information content (AvgIpc) is 2.57. The maximum Gasteiger partial charge on any atom is 0.140 e. The summed E-state index contributed by atoms with van der Waals surface area (Å²) in [6, 6.07) is 4.61. The van der Waals surface area contributed by atoms with E-state index in [0.717, 1.165) is 5.56 Å². The highest BCUT2D eigenvalue weighted by Crippen LogP contribution is 2.28. The summed E-state index contributed by atoms with van der Waals surface area (Å²) >= 11 is 0. The normalized spacial score (nSPS) is 13.4. The van der Waals surface area contributed by atoms with Gasteiger partial charge in [-0.25, -0.2) is 4.39 Å². The Bertz CT molecular complexity index is 432. The van der Waals surface area contributed by atoms with Gasteiger partial charge in [-0.1, -0.05) is 6.07 Å². The molecule has 0 saturated heterocycles. The molecule has 1 aromatic carbocycles. The van der Waals surface area contributed by atoms with Gasteiger partial charge in [0.1, 0.15) is 23.3 Å². The van der Waals surface area contributed by atoms with Gasteiger partial charge in [-0.3, -0.25) is 0 Å². The van der Waals surface area contributed by atoms with Gasteiger partial charge in [0, 0.05) is 0 Å². The molecule has 0 aliphatic carbocycles. The molecule has 0 aliphatic heterocycles. The van der Waals surface area contributed by atoms with E-state index in [1.807, 2.05) is 6.92 Å². The van der Waals surface area contributed by atoms with Gasteiger partial charge in [0.15, 0.2) is 0 Å². The predicted molar refractivity (Wildman–Crippen MR) is 51.5 cm³/mol. The lowest BCUT2D eigenvalue weighted by Crippen LogP contribution is -1.85. The number of aliphatic hydroxyl groups is 1. The van der Waals surface area contributed by atoms with Gasteiger partial charge in [0.05, 0.1) is 5.39 Å². The van der Waals surface area contributed by atoms with Crippen LogP contribution >= 0.6 is 0 Å². The van der Waals surface area contributed by atoms with Crippen LogP contribution in [-0.2, 0) is 0 Å². The average molecular weight is 194 g/mol. The molecule has 74 valence electrons. The van der Waals surface area contributed by atoms with E-state index in [9.17, 15) is 9.50 Å². The van der Waals surface area contributed by atoms with Gasteiger partial charge in [-0.15, -0.1) is 0 Å². The Balaban J connectivity index is 2.75. The summed E-state index contributed by atoms with van der Waals surface area (Å²) in [5.74, 6) is 0.0782. The molecule has 0 fully saturated rings. The van der Waals surface area contributed by atoms with Crippen molar-refractivity contribution < 1.29 is 13.9 Å². The zero-order valence-electron chi connectivity index (χ0n) is 8.04. The van der Waals surface area contributed by atoms with Crippen LogP contribution < -0.4 is 0 Å². The van der Waals surface area contributed by atoms with Crippen molar-refractivity contribution >= 4 is 11.0 Å². The minimum atomic E-state index is -0.707. The molecule has 14 heavy (non-hydrogen) atoms. The van der Waals surface area contributed by atoms with Gasteiger partial charge < -0.3 is 9.52 Å². The molecular weight excluding hydrogens is 183 g/mol. The van der Waals surface area contributed by atoms with Crippen molar-refractivity contribution in [2.24, 2.45) is 0 Å². The number of fused-ring (bicyclic) bond motifs is 1.